The lowest BCUT2D eigenvalue weighted by Crippen LogP contribution is -2.28. The van der Waals surface area contributed by atoms with E-state index in [1.54, 1.807) is 0 Å². The first-order chi connectivity index (χ1) is 6.38. The fraction of sp³-hybridized carbons (Fsp3) is 0.818. The highest BCUT2D eigenvalue weighted by Gasteiger charge is 2.48. The summed E-state index contributed by atoms with van der Waals surface area (Å²) in [6, 6.07) is 0. The molecule has 0 spiro atoms. The average Bonchev–Trinajstić information content (AvgIpc) is 2.72. The summed E-state index contributed by atoms with van der Waals surface area (Å²) in [6.45, 7) is 4.55. The van der Waals surface area contributed by atoms with Crippen LogP contribution in [0.4, 0.5) is 0 Å². The number of hydrogen-bond donors (Lipinski definition) is 1. The molecule has 2 nitrogen and oxygen atoms in total. The van der Waals surface area contributed by atoms with Crippen molar-refractivity contribution in [2.45, 2.75) is 6.42 Å². The van der Waals surface area contributed by atoms with Crippen LogP contribution in [0, 0.1) is 23.7 Å². The van der Waals surface area contributed by atoms with Crippen LogP contribution < -0.4 is 5.73 Å². The molecule has 2 bridgehead atoms. The molecule has 0 amide bonds. The normalized spacial score (nSPS) is 47.5. The SMILES string of the molecule is NCCN1CC2C(C1)[C@H]1C=C[C@H]2C1. The number of hydrogen-bond acceptors (Lipinski definition) is 2. The summed E-state index contributed by atoms with van der Waals surface area (Å²) in [6.07, 6.45) is 6.36. The first-order valence-corrected chi connectivity index (χ1v) is 5.49. The maximum Gasteiger partial charge on any atom is 0.0105 e. The van der Waals surface area contributed by atoms with Crippen LogP contribution >= 0.6 is 0 Å². The van der Waals surface area contributed by atoms with Gasteiger partial charge in [-0.15, -0.1) is 0 Å². The van der Waals surface area contributed by atoms with Gasteiger partial charge < -0.3 is 10.6 Å². The first kappa shape index (κ1) is 8.01. The quantitative estimate of drug-likeness (QED) is 0.631. The summed E-state index contributed by atoms with van der Waals surface area (Å²) < 4.78 is 0. The summed E-state index contributed by atoms with van der Waals surface area (Å²) in [7, 11) is 0. The molecule has 2 unspecified atom stereocenters. The number of nitrogens with two attached hydrogens (primary N) is 1. The highest BCUT2D eigenvalue weighted by atomic mass is 15.2. The van der Waals surface area contributed by atoms with E-state index in [4.69, 9.17) is 5.73 Å². The average molecular weight is 178 g/mol. The molecule has 2 N–H and O–H groups in total. The second kappa shape index (κ2) is 2.82. The summed E-state index contributed by atoms with van der Waals surface area (Å²) >= 11 is 0. The minimum absolute atomic E-state index is 0.822. The molecule has 0 aromatic carbocycles. The number of fused-ring (bicyclic) bond motifs is 5. The van der Waals surface area contributed by atoms with Crippen LogP contribution in [0.15, 0.2) is 12.2 Å². The molecule has 1 saturated carbocycles. The maximum atomic E-state index is 5.59. The second-order valence-electron chi connectivity index (χ2n) is 4.82. The third kappa shape index (κ3) is 1.09. The van der Waals surface area contributed by atoms with Crippen molar-refractivity contribution in [3.8, 4) is 0 Å². The molecule has 3 aliphatic rings. The van der Waals surface area contributed by atoms with Crippen LogP contribution in [-0.4, -0.2) is 31.1 Å². The maximum absolute atomic E-state index is 5.59. The van der Waals surface area contributed by atoms with Gasteiger partial charge in [0.15, 0.2) is 0 Å². The van der Waals surface area contributed by atoms with Gasteiger partial charge in [-0.3, -0.25) is 0 Å². The lowest BCUT2D eigenvalue weighted by atomic mass is 9.86. The monoisotopic (exact) mass is 178 g/mol. The van der Waals surface area contributed by atoms with Gasteiger partial charge in [-0.2, -0.15) is 0 Å². The Labute approximate surface area is 79.8 Å². The molecule has 13 heavy (non-hydrogen) atoms. The van der Waals surface area contributed by atoms with E-state index in [-0.39, 0.29) is 0 Å². The molecular formula is C11H18N2. The molecule has 0 aromatic heterocycles. The highest BCUT2D eigenvalue weighted by Crippen LogP contribution is 2.51. The largest absolute Gasteiger partial charge is 0.329 e. The van der Waals surface area contributed by atoms with Crippen LogP contribution in [0.2, 0.25) is 0 Å². The molecule has 0 aromatic rings. The number of allylic oxidation sites excluding steroid dienone is 2. The third-order valence-electron chi connectivity index (χ3n) is 4.18. The van der Waals surface area contributed by atoms with E-state index in [0.29, 0.717) is 0 Å². The van der Waals surface area contributed by atoms with Gasteiger partial charge in [-0.1, -0.05) is 12.2 Å². The van der Waals surface area contributed by atoms with Gasteiger partial charge in [-0.25, -0.2) is 0 Å². The molecule has 1 heterocycles. The fourth-order valence-corrected chi connectivity index (χ4v) is 3.60. The summed E-state index contributed by atoms with van der Waals surface area (Å²) in [4.78, 5) is 2.56. The van der Waals surface area contributed by atoms with Gasteiger partial charge in [0.2, 0.25) is 0 Å². The van der Waals surface area contributed by atoms with E-state index in [2.05, 4.69) is 17.1 Å². The Bertz CT molecular complexity index is 216. The zero-order valence-corrected chi connectivity index (χ0v) is 8.02. The van der Waals surface area contributed by atoms with Gasteiger partial charge in [0, 0.05) is 26.2 Å². The van der Waals surface area contributed by atoms with Gasteiger partial charge in [-0.05, 0) is 30.1 Å². The Morgan fingerprint density at radius 2 is 1.77 bits per heavy atom. The lowest BCUT2D eigenvalue weighted by molar-refractivity contribution is 0.306. The summed E-state index contributed by atoms with van der Waals surface area (Å²) in [5.74, 6) is 3.78. The summed E-state index contributed by atoms with van der Waals surface area (Å²) in [5, 5.41) is 0. The van der Waals surface area contributed by atoms with E-state index < -0.39 is 0 Å². The van der Waals surface area contributed by atoms with Crippen molar-refractivity contribution in [1.29, 1.82) is 0 Å². The standard InChI is InChI=1S/C11H18N2/c12-3-4-13-6-10-8-1-2-9(5-8)11(10)7-13/h1-2,8-11H,3-7,12H2/t8-,9-,10?,11?/m0/s1. The molecule has 3 rings (SSSR count). The Kier molecular flexibility index (Phi) is 1.74. The van der Waals surface area contributed by atoms with E-state index in [9.17, 15) is 0 Å². The van der Waals surface area contributed by atoms with Crippen molar-refractivity contribution in [3.63, 3.8) is 0 Å². The van der Waals surface area contributed by atoms with Crippen molar-refractivity contribution >= 4 is 0 Å². The highest BCUT2D eigenvalue weighted by molar-refractivity contribution is 5.16. The minimum atomic E-state index is 0.822. The van der Waals surface area contributed by atoms with Crippen LogP contribution in [0.3, 0.4) is 0 Å². The molecule has 1 saturated heterocycles. The third-order valence-corrected chi connectivity index (χ3v) is 4.18. The molecule has 72 valence electrons. The Morgan fingerprint density at radius 3 is 2.31 bits per heavy atom. The molecule has 1 aliphatic heterocycles. The Balaban J connectivity index is 1.72. The van der Waals surface area contributed by atoms with Gasteiger partial charge in [0.1, 0.15) is 0 Å². The number of nitrogens with zero attached hydrogens (tertiary/aromatic N) is 1. The molecular weight excluding hydrogens is 160 g/mol. The molecule has 2 fully saturated rings. The van der Waals surface area contributed by atoms with Gasteiger partial charge in [0.05, 0.1) is 0 Å². The minimum Gasteiger partial charge on any atom is -0.329 e. The van der Waals surface area contributed by atoms with E-state index in [0.717, 1.165) is 36.8 Å². The van der Waals surface area contributed by atoms with Gasteiger partial charge in [0.25, 0.3) is 0 Å². The van der Waals surface area contributed by atoms with Crippen molar-refractivity contribution in [3.05, 3.63) is 12.2 Å². The second-order valence-corrected chi connectivity index (χ2v) is 4.82. The lowest BCUT2D eigenvalue weighted by Gasteiger charge is -2.17. The van der Waals surface area contributed by atoms with Crippen molar-refractivity contribution < 1.29 is 0 Å². The smallest absolute Gasteiger partial charge is 0.0105 e. The van der Waals surface area contributed by atoms with E-state index in [1.165, 1.54) is 19.5 Å². The van der Waals surface area contributed by atoms with Crippen LogP contribution in [0.1, 0.15) is 6.42 Å². The fourth-order valence-electron chi connectivity index (χ4n) is 3.60. The predicted molar refractivity (Wildman–Crippen MR) is 53.2 cm³/mol. The van der Waals surface area contributed by atoms with Crippen LogP contribution in [-0.2, 0) is 0 Å². The van der Waals surface area contributed by atoms with Crippen molar-refractivity contribution in [2.24, 2.45) is 29.4 Å². The van der Waals surface area contributed by atoms with Crippen molar-refractivity contribution in [2.75, 3.05) is 26.2 Å². The molecule has 2 aliphatic carbocycles. The van der Waals surface area contributed by atoms with Crippen LogP contribution in [0.25, 0.3) is 0 Å². The number of rotatable bonds is 2. The molecule has 2 heteroatoms. The molecule has 4 atom stereocenters. The van der Waals surface area contributed by atoms with E-state index in [1.807, 2.05) is 0 Å². The molecule has 0 radical (unpaired) electrons. The zero-order valence-electron chi connectivity index (χ0n) is 8.02. The summed E-state index contributed by atoms with van der Waals surface area (Å²) in [5.41, 5.74) is 5.59. The Hall–Kier alpha value is -0.340. The topological polar surface area (TPSA) is 29.3 Å². The van der Waals surface area contributed by atoms with Crippen LogP contribution in [0.5, 0.6) is 0 Å². The van der Waals surface area contributed by atoms with Crippen molar-refractivity contribution in [1.82, 2.24) is 4.90 Å². The van der Waals surface area contributed by atoms with E-state index >= 15 is 0 Å². The number of likely N-dealkylation sites (tertiary alicyclic amines) is 1. The zero-order chi connectivity index (χ0) is 8.84. The first-order valence-electron chi connectivity index (χ1n) is 5.49. The predicted octanol–water partition coefficient (Wildman–Crippen LogP) is 0.699. The van der Waals surface area contributed by atoms with Gasteiger partial charge >= 0.3 is 0 Å². The Morgan fingerprint density at radius 1 is 1.15 bits per heavy atom.